The largest absolute Gasteiger partial charge is 0.490 e. The maximum absolute atomic E-state index is 9.87. The van der Waals surface area contributed by atoms with E-state index in [0.717, 1.165) is 28.7 Å². The van der Waals surface area contributed by atoms with Gasteiger partial charge in [-0.05, 0) is 56.4 Å². The summed E-state index contributed by atoms with van der Waals surface area (Å²) in [4.78, 5) is 0. The molecule has 5 atom stereocenters. The Bertz CT molecular complexity index is 871. The van der Waals surface area contributed by atoms with Gasteiger partial charge < -0.3 is 19.7 Å². The minimum absolute atomic E-state index is 0.289. The van der Waals surface area contributed by atoms with Gasteiger partial charge in [-0.1, -0.05) is 32.0 Å². The Kier molecular flexibility index (Phi) is 5.28. The van der Waals surface area contributed by atoms with Gasteiger partial charge in [0.15, 0.2) is 0 Å². The first kappa shape index (κ1) is 19.5. The Balaban J connectivity index is 2.00. The summed E-state index contributed by atoms with van der Waals surface area (Å²) in [6, 6.07) is 6.34. The maximum atomic E-state index is 9.87. The summed E-state index contributed by atoms with van der Waals surface area (Å²) in [5.41, 5.74) is 3.81. The van der Waals surface area contributed by atoms with E-state index in [4.69, 9.17) is 9.47 Å². The zero-order chi connectivity index (χ0) is 20.0. The van der Waals surface area contributed by atoms with Gasteiger partial charge in [0, 0.05) is 21.9 Å². The van der Waals surface area contributed by atoms with Crippen molar-refractivity contribution in [3.63, 3.8) is 0 Å². The van der Waals surface area contributed by atoms with Crippen molar-refractivity contribution in [2.75, 3.05) is 13.2 Å². The molecule has 1 saturated carbocycles. The van der Waals surface area contributed by atoms with E-state index in [9.17, 15) is 10.2 Å². The lowest BCUT2D eigenvalue weighted by Gasteiger charge is -2.26. The van der Waals surface area contributed by atoms with E-state index in [0.29, 0.717) is 24.4 Å². The highest BCUT2D eigenvalue weighted by Crippen LogP contribution is 2.64. The molecule has 5 unspecified atom stereocenters. The number of hydrogen-bond donors (Lipinski definition) is 2. The monoisotopic (exact) mass is 384 g/mol. The number of hydrogen-bond acceptors (Lipinski definition) is 4. The molecule has 2 aromatic rings. The summed E-state index contributed by atoms with van der Waals surface area (Å²) in [6.07, 6.45) is 2.24. The summed E-state index contributed by atoms with van der Waals surface area (Å²) in [6.45, 7) is 8.60. The van der Waals surface area contributed by atoms with Crippen molar-refractivity contribution in [1.29, 1.82) is 0 Å². The van der Waals surface area contributed by atoms with Gasteiger partial charge in [-0.15, -0.1) is 0 Å². The van der Waals surface area contributed by atoms with Gasteiger partial charge >= 0.3 is 0 Å². The molecule has 2 aromatic carbocycles. The van der Waals surface area contributed by atoms with Crippen molar-refractivity contribution < 1.29 is 19.7 Å². The smallest absolute Gasteiger partial charge is 0.131 e. The quantitative estimate of drug-likeness (QED) is 0.736. The third-order valence-corrected chi connectivity index (χ3v) is 6.52. The Morgan fingerprint density at radius 3 is 2.11 bits per heavy atom. The predicted octanol–water partition coefficient (Wildman–Crippen LogP) is 4.53. The van der Waals surface area contributed by atoms with Crippen LogP contribution in [-0.2, 0) is 6.42 Å². The number of fused-ring (bicyclic) bond motifs is 6. The average Bonchev–Trinajstić information content (AvgIpc) is 3.16. The van der Waals surface area contributed by atoms with Gasteiger partial charge in [0.05, 0.1) is 12.2 Å². The van der Waals surface area contributed by atoms with Gasteiger partial charge in [-0.3, -0.25) is 0 Å². The number of aliphatic hydroxyl groups is 2. The first-order valence-corrected chi connectivity index (χ1v) is 10.7. The lowest BCUT2D eigenvalue weighted by molar-refractivity contribution is 0.120. The molecule has 0 spiro atoms. The van der Waals surface area contributed by atoms with Gasteiger partial charge in [0.1, 0.15) is 24.7 Å². The van der Waals surface area contributed by atoms with E-state index in [2.05, 4.69) is 32.0 Å². The van der Waals surface area contributed by atoms with Crippen LogP contribution in [0.5, 0.6) is 11.5 Å². The summed E-state index contributed by atoms with van der Waals surface area (Å²) < 4.78 is 12.5. The maximum Gasteiger partial charge on any atom is 0.131 e. The van der Waals surface area contributed by atoms with Crippen LogP contribution in [0.4, 0.5) is 0 Å². The fourth-order valence-electron chi connectivity index (χ4n) is 5.31. The standard InChI is InChI=1S/C24H32O4/c1-5-16-7-6-8-19-20(16)24(28-12-14(3)26)22-18-10-9-17(15(18)4)21(22)23(19)27-11-13(2)25/h6-8,13-15,17-18,25-26H,5,9-12H2,1-4H3. The summed E-state index contributed by atoms with van der Waals surface area (Å²) in [5.74, 6) is 3.41. The topological polar surface area (TPSA) is 58.9 Å². The van der Waals surface area contributed by atoms with Crippen LogP contribution in [0.25, 0.3) is 10.8 Å². The molecular weight excluding hydrogens is 352 g/mol. The van der Waals surface area contributed by atoms with Crippen LogP contribution < -0.4 is 9.47 Å². The van der Waals surface area contributed by atoms with E-state index in [-0.39, 0.29) is 6.61 Å². The average molecular weight is 385 g/mol. The van der Waals surface area contributed by atoms with E-state index in [1.54, 1.807) is 13.8 Å². The zero-order valence-electron chi connectivity index (χ0n) is 17.4. The molecule has 0 saturated heterocycles. The van der Waals surface area contributed by atoms with E-state index in [1.807, 2.05) is 0 Å². The van der Waals surface area contributed by atoms with E-state index < -0.39 is 12.2 Å². The number of aliphatic hydroxyl groups excluding tert-OH is 2. The predicted molar refractivity (Wildman–Crippen MR) is 112 cm³/mol. The van der Waals surface area contributed by atoms with Crippen LogP contribution >= 0.6 is 0 Å². The second kappa shape index (κ2) is 7.57. The molecule has 4 rings (SSSR count). The summed E-state index contributed by atoms with van der Waals surface area (Å²) >= 11 is 0. The van der Waals surface area contributed by atoms with E-state index >= 15 is 0 Å². The molecule has 2 aliphatic rings. The first-order valence-electron chi connectivity index (χ1n) is 10.7. The zero-order valence-corrected chi connectivity index (χ0v) is 17.4. The number of ether oxygens (including phenoxy) is 2. The van der Waals surface area contributed by atoms with Crippen LogP contribution in [0.15, 0.2) is 18.2 Å². The van der Waals surface area contributed by atoms with Crippen molar-refractivity contribution in [3.8, 4) is 11.5 Å². The highest BCUT2D eigenvalue weighted by Gasteiger charge is 2.48. The molecule has 4 nitrogen and oxygen atoms in total. The molecular formula is C24H32O4. The van der Waals surface area contributed by atoms with Crippen LogP contribution in [-0.4, -0.2) is 35.6 Å². The van der Waals surface area contributed by atoms with E-state index in [1.165, 1.54) is 29.5 Å². The molecule has 2 aliphatic carbocycles. The number of benzene rings is 2. The molecule has 1 fully saturated rings. The Morgan fingerprint density at radius 1 is 0.964 bits per heavy atom. The van der Waals surface area contributed by atoms with Crippen LogP contribution in [0, 0.1) is 5.92 Å². The Labute approximate surface area is 167 Å². The normalized spacial score (nSPS) is 25.0. The molecule has 152 valence electrons. The number of aryl methyl sites for hydroxylation is 1. The molecule has 0 radical (unpaired) electrons. The summed E-state index contributed by atoms with van der Waals surface area (Å²) in [5, 5.41) is 21.9. The highest BCUT2D eigenvalue weighted by molar-refractivity contribution is 5.99. The highest BCUT2D eigenvalue weighted by atomic mass is 16.5. The first-order chi connectivity index (χ1) is 13.4. The van der Waals surface area contributed by atoms with Crippen molar-refractivity contribution in [2.24, 2.45) is 5.92 Å². The molecule has 2 bridgehead atoms. The van der Waals surface area contributed by atoms with Crippen LogP contribution in [0.2, 0.25) is 0 Å². The van der Waals surface area contributed by atoms with Gasteiger partial charge in [-0.25, -0.2) is 0 Å². The van der Waals surface area contributed by atoms with Crippen LogP contribution in [0.1, 0.15) is 69.1 Å². The minimum atomic E-state index is -0.512. The molecule has 4 heteroatoms. The summed E-state index contributed by atoms with van der Waals surface area (Å²) in [7, 11) is 0. The molecule has 0 aliphatic heterocycles. The second-order valence-corrected chi connectivity index (χ2v) is 8.65. The SMILES string of the molecule is CCc1cccc2c(OCC(C)O)c3c(c(OCC(C)O)c12)C1CCC3C1C. The fraction of sp³-hybridized carbons (Fsp3) is 0.583. The molecule has 0 amide bonds. The molecule has 0 heterocycles. The van der Waals surface area contributed by atoms with Gasteiger partial charge in [0.2, 0.25) is 0 Å². The second-order valence-electron chi connectivity index (χ2n) is 8.65. The van der Waals surface area contributed by atoms with Crippen molar-refractivity contribution in [2.45, 2.75) is 71.0 Å². The van der Waals surface area contributed by atoms with Crippen molar-refractivity contribution >= 4 is 10.8 Å². The Hall–Kier alpha value is -1.78. The number of rotatable bonds is 7. The molecule has 28 heavy (non-hydrogen) atoms. The third-order valence-electron chi connectivity index (χ3n) is 6.52. The minimum Gasteiger partial charge on any atom is -0.490 e. The van der Waals surface area contributed by atoms with Crippen molar-refractivity contribution in [1.82, 2.24) is 0 Å². The van der Waals surface area contributed by atoms with Gasteiger partial charge in [-0.2, -0.15) is 0 Å². The lowest BCUT2D eigenvalue weighted by atomic mass is 9.85. The van der Waals surface area contributed by atoms with Crippen LogP contribution in [0.3, 0.4) is 0 Å². The van der Waals surface area contributed by atoms with Crippen molar-refractivity contribution in [3.05, 3.63) is 34.9 Å². The molecule has 0 aromatic heterocycles. The third kappa shape index (κ3) is 3.07. The molecule has 2 N–H and O–H groups in total. The lowest BCUT2D eigenvalue weighted by Crippen LogP contribution is -2.17. The fourth-order valence-corrected chi connectivity index (χ4v) is 5.31. The van der Waals surface area contributed by atoms with Gasteiger partial charge in [0.25, 0.3) is 0 Å². The Morgan fingerprint density at radius 2 is 1.54 bits per heavy atom.